The van der Waals surface area contributed by atoms with Crippen molar-refractivity contribution in [3.05, 3.63) is 67.0 Å². The number of aryl methyl sites for hydroxylation is 1. The SMILES string of the molecule is Cn1ccc2c(NC(=O)Cn3ccc4ccccc43)cccc21. The van der Waals surface area contributed by atoms with E-state index in [-0.39, 0.29) is 5.91 Å². The van der Waals surface area contributed by atoms with E-state index >= 15 is 0 Å². The predicted octanol–water partition coefficient (Wildman–Crippen LogP) is 3.77. The highest BCUT2D eigenvalue weighted by Gasteiger charge is 2.09. The Labute approximate surface area is 133 Å². The predicted molar refractivity (Wildman–Crippen MR) is 93.5 cm³/mol. The summed E-state index contributed by atoms with van der Waals surface area (Å²) in [5.74, 6) is -0.0253. The van der Waals surface area contributed by atoms with Crippen LogP contribution in [-0.4, -0.2) is 15.0 Å². The number of hydrogen-bond acceptors (Lipinski definition) is 1. The van der Waals surface area contributed by atoms with E-state index in [1.165, 1.54) is 0 Å². The molecule has 1 N–H and O–H groups in total. The summed E-state index contributed by atoms with van der Waals surface area (Å²) >= 11 is 0. The zero-order chi connectivity index (χ0) is 15.8. The van der Waals surface area contributed by atoms with Crippen molar-refractivity contribution in [3.8, 4) is 0 Å². The van der Waals surface area contributed by atoms with Crippen molar-refractivity contribution in [2.24, 2.45) is 7.05 Å². The van der Waals surface area contributed by atoms with Crippen molar-refractivity contribution < 1.29 is 4.79 Å². The average Bonchev–Trinajstić information content (AvgIpc) is 3.13. The summed E-state index contributed by atoms with van der Waals surface area (Å²) in [5.41, 5.74) is 3.03. The van der Waals surface area contributed by atoms with Gasteiger partial charge in [-0.2, -0.15) is 0 Å². The monoisotopic (exact) mass is 303 g/mol. The molecule has 2 aromatic carbocycles. The zero-order valence-corrected chi connectivity index (χ0v) is 12.9. The van der Waals surface area contributed by atoms with Crippen LogP contribution < -0.4 is 5.32 Å². The first kappa shape index (κ1) is 13.6. The maximum atomic E-state index is 12.4. The Morgan fingerprint density at radius 2 is 1.78 bits per heavy atom. The highest BCUT2D eigenvalue weighted by molar-refractivity contribution is 6.01. The summed E-state index contributed by atoms with van der Waals surface area (Å²) in [4.78, 5) is 12.4. The number of aromatic nitrogens is 2. The Kier molecular flexibility index (Phi) is 3.15. The van der Waals surface area contributed by atoms with Gasteiger partial charge in [0.25, 0.3) is 0 Å². The summed E-state index contributed by atoms with van der Waals surface area (Å²) in [5, 5.41) is 5.23. The first-order chi connectivity index (χ1) is 11.2. The molecule has 0 fully saturated rings. The van der Waals surface area contributed by atoms with E-state index in [1.807, 2.05) is 77.1 Å². The van der Waals surface area contributed by atoms with E-state index in [2.05, 4.69) is 11.4 Å². The molecule has 0 unspecified atom stereocenters. The summed E-state index contributed by atoms with van der Waals surface area (Å²) < 4.78 is 4.01. The zero-order valence-electron chi connectivity index (χ0n) is 12.9. The van der Waals surface area contributed by atoms with E-state index in [4.69, 9.17) is 0 Å². The fourth-order valence-corrected chi connectivity index (χ4v) is 3.03. The second kappa shape index (κ2) is 5.32. The number of nitrogens with one attached hydrogen (secondary N) is 1. The smallest absolute Gasteiger partial charge is 0.244 e. The summed E-state index contributed by atoms with van der Waals surface area (Å²) in [7, 11) is 2.00. The van der Waals surface area contributed by atoms with Crippen LogP contribution in [0.15, 0.2) is 67.0 Å². The number of benzene rings is 2. The van der Waals surface area contributed by atoms with E-state index in [0.29, 0.717) is 6.54 Å². The lowest BCUT2D eigenvalue weighted by Gasteiger charge is -2.09. The molecule has 4 rings (SSSR count). The average molecular weight is 303 g/mol. The minimum atomic E-state index is -0.0253. The Hall–Kier alpha value is -3.01. The van der Waals surface area contributed by atoms with Gasteiger partial charge in [0, 0.05) is 35.9 Å². The molecule has 4 aromatic rings. The van der Waals surface area contributed by atoms with Gasteiger partial charge in [0.2, 0.25) is 5.91 Å². The number of anilines is 1. The van der Waals surface area contributed by atoms with Crippen molar-refractivity contribution in [3.63, 3.8) is 0 Å². The highest BCUT2D eigenvalue weighted by atomic mass is 16.1. The minimum Gasteiger partial charge on any atom is -0.350 e. The lowest BCUT2D eigenvalue weighted by Crippen LogP contribution is -2.18. The Morgan fingerprint density at radius 1 is 0.957 bits per heavy atom. The van der Waals surface area contributed by atoms with E-state index in [9.17, 15) is 4.79 Å². The number of nitrogens with zero attached hydrogens (tertiary/aromatic N) is 2. The van der Waals surface area contributed by atoms with Gasteiger partial charge >= 0.3 is 0 Å². The maximum Gasteiger partial charge on any atom is 0.244 e. The number of para-hydroxylation sites is 1. The van der Waals surface area contributed by atoms with Gasteiger partial charge in [0.15, 0.2) is 0 Å². The number of carbonyl (C=O) groups is 1. The van der Waals surface area contributed by atoms with E-state index in [0.717, 1.165) is 27.5 Å². The van der Waals surface area contributed by atoms with Crippen LogP contribution >= 0.6 is 0 Å². The van der Waals surface area contributed by atoms with Crippen LogP contribution in [0.3, 0.4) is 0 Å². The molecule has 0 saturated carbocycles. The molecule has 2 aromatic heterocycles. The maximum absolute atomic E-state index is 12.4. The molecule has 1 amide bonds. The molecule has 0 spiro atoms. The fourth-order valence-electron chi connectivity index (χ4n) is 3.03. The third-order valence-electron chi connectivity index (χ3n) is 4.20. The number of carbonyl (C=O) groups excluding carboxylic acids is 1. The van der Waals surface area contributed by atoms with Crippen molar-refractivity contribution in [2.75, 3.05) is 5.32 Å². The molecular formula is C19H17N3O. The summed E-state index contributed by atoms with van der Waals surface area (Å²) in [6.07, 6.45) is 3.95. The van der Waals surface area contributed by atoms with Crippen LogP contribution in [0.2, 0.25) is 0 Å². The van der Waals surface area contributed by atoms with Gasteiger partial charge in [0.1, 0.15) is 6.54 Å². The second-order valence-electron chi connectivity index (χ2n) is 5.72. The molecule has 2 heterocycles. The second-order valence-corrected chi connectivity index (χ2v) is 5.72. The van der Waals surface area contributed by atoms with Gasteiger partial charge in [-0.15, -0.1) is 0 Å². The molecule has 4 nitrogen and oxygen atoms in total. The topological polar surface area (TPSA) is 39.0 Å². The van der Waals surface area contributed by atoms with Crippen molar-refractivity contribution in [1.29, 1.82) is 0 Å². The molecule has 0 aliphatic heterocycles. The van der Waals surface area contributed by atoms with Gasteiger partial charge in [0.05, 0.1) is 5.69 Å². The van der Waals surface area contributed by atoms with Crippen molar-refractivity contribution in [2.45, 2.75) is 6.54 Å². The molecule has 114 valence electrons. The highest BCUT2D eigenvalue weighted by Crippen LogP contribution is 2.24. The normalized spacial score (nSPS) is 11.2. The number of fused-ring (bicyclic) bond motifs is 2. The Bertz CT molecular complexity index is 1010. The van der Waals surface area contributed by atoms with E-state index < -0.39 is 0 Å². The standard InChI is InChI=1S/C19H17N3O/c1-21-11-10-15-16(6-4-8-18(15)21)20-19(23)13-22-12-9-14-5-2-3-7-17(14)22/h2-12H,13H2,1H3,(H,20,23). The van der Waals surface area contributed by atoms with Crippen LogP contribution in [0.25, 0.3) is 21.8 Å². The summed E-state index contributed by atoms with van der Waals surface area (Å²) in [6.45, 7) is 0.302. The number of hydrogen-bond donors (Lipinski definition) is 1. The first-order valence-electron chi connectivity index (χ1n) is 7.60. The fraction of sp³-hybridized carbons (Fsp3) is 0.105. The molecule has 0 atom stereocenters. The molecular weight excluding hydrogens is 286 g/mol. The molecule has 0 radical (unpaired) electrons. The van der Waals surface area contributed by atoms with Crippen LogP contribution in [0.5, 0.6) is 0 Å². The minimum absolute atomic E-state index is 0.0253. The van der Waals surface area contributed by atoms with Crippen LogP contribution in [0, 0.1) is 0 Å². The van der Waals surface area contributed by atoms with Gasteiger partial charge in [-0.3, -0.25) is 4.79 Å². The summed E-state index contributed by atoms with van der Waals surface area (Å²) in [6, 6.07) is 18.1. The van der Waals surface area contributed by atoms with Gasteiger partial charge in [-0.1, -0.05) is 24.3 Å². The lowest BCUT2D eigenvalue weighted by atomic mass is 10.2. The van der Waals surface area contributed by atoms with E-state index in [1.54, 1.807) is 0 Å². The van der Waals surface area contributed by atoms with Crippen molar-refractivity contribution in [1.82, 2.24) is 9.13 Å². The van der Waals surface area contributed by atoms with Crippen LogP contribution in [0.4, 0.5) is 5.69 Å². The van der Waals surface area contributed by atoms with Gasteiger partial charge < -0.3 is 14.5 Å². The van der Waals surface area contributed by atoms with Gasteiger partial charge in [-0.05, 0) is 35.7 Å². The largest absolute Gasteiger partial charge is 0.350 e. The van der Waals surface area contributed by atoms with Crippen LogP contribution in [-0.2, 0) is 18.4 Å². The number of amides is 1. The number of rotatable bonds is 3. The molecule has 0 saturated heterocycles. The van der Waals surface area contributed by atoms with Crippen LogP contribution in [0.1, 0.15) is 0 Å². The van der Waals surface area contributed by atoms with Gasteiger partial charge in [-0.25, -0.2) is 0 Å². The lowest BCUT2D eigenvalue weighted by molar-refractivity contribution is -0.116. The molecule has 0 aliphatic rings. The van der Waals surface area contributed by atoms with Crippen molar-refractivity contribution >= 4 is 33.4 Å². The molecule has 23 heavy (non-hydrogen) atoms. The third kappa shape index (κ3) is 2.38. The molecule has 0 bridgehead atoms. The first-order valence-corrected chi connectivity index (χ1v) is 7.60. The molecule has 0 aliphatic carbocycles. The quantitative estimate of drug-likeness (QED) is 0.615. The molecule has 4 heteroatoms. The Morgan fingerprint density at radius 3 is 2.70 bits per heavy atom. The Balaban J connectivity index is 1.60. The third-order valence-corrected chi connectivity index (χ3v) is 4.20.